The number of nitrogens with zero attached hydrogens (tertiary/aromatic N) is 2. The summed E-state index contributed by atoms with van der Waals surface area (Å²) in [5, 5.41) is 0. The average molecular weight is 277 g/mol. The number of halogens is 2. The predicted molar refractivity (Wildman–Crippen MR) is 62.1 cm³/mol. The van der Waals surface area contributed by atoms with E-state index in [0.29, 0.717) is 6.61 Å². The molecular formula is C10H14BrFN2O. The van der Waals surface area contributed by atoms with Crippen LogP contribution in [0.5, 0.6) is 0 Å². The minimum atomic E-state index is -0.320. The third-order valence-electron chi connectivity index (χ3n) is 1.92. The number of rotatable bonds is 5. The zero-order valence-corrected chi connectivity index (χ0v) is 10.4. The molecule has 15 heavy (non-hydrogen) atoms. The van der Waals surface area contributed by atoms with E-state index in [1.165, 1.54) is 12.3 Å². The Morgan fingerprint density at radius 2 is 2.33 bits per heavy atom. The molecule has 1 aromatic rings. The molecule has 84 valence electrons. The summed E-state index contributed by atoms with van der Waals surface area (Å²) in [5.41, 5.74) is 0. The van der Waals surface area contributed by atoms with Crippen molar-refractivity contribution in [2.24, 2.45) is 0 Å². The second-order valence-electron chi connectivity index (χ2n) is 3.27. The highest BCUT2D eigenvalue weighted by atomic mass is 79.9. The fraction of sp³-hybridized carbons (Fsp3) is 0.500. The molecule has 0 aliphatic carbocycles. The van der Waals surface area contributed by atoms with Crippen molar-refractivity contribution in [1.29, 1.82) is 0 Å². The molecule has 0 N–H and O–H groups in total. The fourth-order valence-corrected chi connectivity index (χ4v) is 1.92. The van der Waals surface area contributed by atoms with Gasteiger partial charge in [0.2, 0.25) is 0 Å². The Kier molecular flexibility index (Phi) is 4.98. The van der Waals surface area contributed by atoms with Gasteiger partial charge in [0.1, 0.15) is 11.6 Å². The van der Waals surface area contributed by atoms with Gasteiger partial charge in [0, 0.05) is 20.7 Å². The lowest BCUT2D eigenvalue weighted by atomic mass is 10.4. The summed E-state index contributed by atoms with van der Waals surface area (Å²) in [7, 11) is 3.56. The summed E-state index contributed by atoms with van der Waals surface area (Å²) >= 11 is 3.48. The van der Waals surface area contributed by atoms with Crippen molar-refractivity contribution < 1.29 is 9.13 Å². The monoisotopic (exact) mass is 276 g/mol. The molecular weight excluding hydrogens is 263 g/mol. The highest BCUT2D eigenvalue weighted by Gasteiger charge is 2.09. The van der Waals surface area contributed by atoms with Crippen LogP contribution in [0, 0.1) is 5.82 Å². The summed E-state index contributed by atoms with van der Waals surface area (Å²) < 4.78 is 17.6. The molecule has 0 fully saturated rings. The molecule has 0 aliphatic rings. The largest absolute Gasteiger partial charge is 0.383 e. The van der Waals surface area contributed by atoms with Gasteiger partial charge in [-0.15, -0.1) is 0 Å². The van der Waals surface area contributed by atoms with Crippen molar-refractivity contribution in [2.75, 3.05) is 32.2 Å². The quantitative estimate of drug-likeness (QED) is 0.770. The van der Waals surface area contributed by atoms with Crippen LogP contribution in [-0.4, -0.2) is 37.1 Å². The number of pyridine rings is 1. The summed E-state index contributed by atoms with van der Waals surface area (Å²) in [6.07, 6.45) is 1.21. The molecule has 5 heteroatoms. The number of aromatic nitrogens is 1. The second-order valence-corrected chi connectivity index (χ2v) is 4.56. The van der Waals surface area contributed by atoms with Gasteiger partial charge in [-0.1, -0.05) is 15.9 Å². The third-order valence-corrected chi connectivity index (χ3v) is 2.48. The maximum atomic E-state index is 12.6. The lowest BCUT2D eigenvalue weighted by Gasteiger charge is -2.20. The van der Waals surface area contributed by atoms with Crippen LogP contribution in [0.2, 0.25) is 0 Å². The topological polar surface area (TPSA) is 25.4 Å². The molecule has 0 amide bonds. The van der Waals surface area contributed by atoms with Crippen molar-refractivity contribution in [3.05, 3.63) is 24.1 Å². The maximum absolute atomic E-state index is 12.6. The van der Waals surface area contributed by atoms with Crippen LogP contribution in [0.25, 0.3) is 0 Å². The number of alkyl halides is 1. The average Bonchev–Trinajstić information content (AvgIpc) is 2.18. The summed E-state index contributed by atoms with van der Waals surface area (Å²) in [5.74, 6) is 0.427. The molecule has 0 saturated heterocycles. The van der Waals surface area contributed by atoms with E-state index in [0.717, 1.165) is 12.4 Å². The van der Waals surface area contributed by atoms with Crippen molar-refractivity contribution in [1.82, 2.24) is 4.98 Å². The van der Waals surface area contributed by atoms with Gasteiger partial charge in [0.25, 0.3) is 0 Å². The Morgan fingerprint density at radius 1 is 1.60 bits per heavy atom. The first-order valence-electron chi connectivity index (χ1n) is 4.59. The fourth-order valence-electron chi connectivity index (χ4n) is 1.22. The van der Waals surface area contributed by atoms with E-state index < -0.39 is 0 Å². The molecule has 0 spiro atoms. The molecule has 0 aromatic carbocycles. The highest BCUT2D eigenvalue weighted by Crippen LogP contribution is 2.11. The van der Waals surface area contributed by atoms with Gasteiger partial charge in [0.05, 0.1) is 17.6 Å². The van der Waals surface area contributed by atoms with Crippen LogP contribution in [0.4, 0.5) is 10.2 Å². The summed E-state index contributed by atoms with van der Waals surface area (Å²) in [4.78, 5) is 6.16. The van der Waals surface area contributed by atoms with Gasteiger partial charge in [-0.25, -0.2) is 9.37 Å². The molecule has 1 atom stereocenters. The number of hydrogen-bond donors (Lipinski definition) is 0. The first-order chi connectivity index (χ1) is 7.13. The van der Waals surface area contributed by atoms with Gasteiger partial charge in [-0.3, -0.25) is 0 Å². The smallest absolute Gasteiger partial charge is 0.141 e. The Labute approximate surface area is 97.4 Å². The van der Waals surface area contributed by atoms with Crippen LogP contribution in [-0.2, 0) is 4.74 Å². The maximum Gasteiger partial charge on any atom is 0.141 e. The van der Waals surface area contributed by atoms with Gasteiger partial charge in [0.15, 0.2) is 0 Å². The van der Waals surface area contributed by atoms with E-state index in [1.807, 2.05) is 11.9 Å². The normalized spacial score (nSPS) is 12.5. The minimum Gasteiger partial charge on any atom is -0.383 e. The van der Waals surface area contributed by atoms with Gasteiger partial charge >= 0.3 is 0 Å². The Hall–Kier alpha value is -0.680. The van der Waals surface area contributed by atoms with Crippen molar-refractivity contribution in [3.63, 3.8) is 0 Å². The number of ether oxygens (including phenoxy) is 1. The number of hydrogen-bond acceptors (Lipinski definition) is 3. The van der Waals surface area contributed by atoms with E-state index in [1.54, 1.807) is 13.2 Å². The van der Waals surface area contributed by atoms with Crippen LogP contribution < -0.4 is 4.90 Å². The van der Waals surface area contributed by atoms with Crippen molar-refractivity contribution in [2.45, 2.75) is 4.83 Å². The minimum absolute atomic E-state index is 0.236. The third kappa shape index (κ3) is 4.13. The molecule has 1 aromatic heterocycles. The van der Waals surface area contributed by atoms with Crippen molar-refractivity contribution >= 4 is 21.7 Å². The summed E-state index contributed by atoms with van der Waals surface area (Å²) in [6, 6.07) is 3.06. The zero-order valence-electron chi connectivity index (χ0n) is 8.78. The molecule has 0 radical (unpaired) electrons. The van der Waals surface area contributed by atoms with Gasteiger partial charge < -0.3 is 9.64 Å². The molecule has 1 rings (SSSR count). The van der Waals surface area contributed by atoms with E-state index in [-0.39, 0.29) is 10.6 Å². The Bertz CT molecular complexity index is 294. The molecule has 3 nitrogen and oxygen atoms in total. The first-order valence-corrected chi connectivity index (χ1v) is 5.50. The second kappa shape index (κ2) is 6.02. The Morgan fingerprint density at radius 3 is 2.87 bits per heavy atom. The predicted octanol–water partition coefficient (Wildman–Crippen LogP) is 2.07. The van der Waals surface area contributed by atoms with E-state index >= 15 is 0 Å². The number of methoxy groups -OCH3 is 1. The highest BCUT2D eigenvalue weighted by molar-refractivity contribution is 9.09. The lowest BCUT2D eigenvalue weighted by molar-refractivity contribution is 0.201. The standard InChI is InChI=1S/C10H14BrFN2O/c1-14(6-8(11)7-15-2)10-4-3-9(12)5-13-10/h3-5,8H,6-7H2,1-2H3. The van der Waals surface area contributed by atoms with Crippen LogP contribution in [0.1, 0.15) is 0 Å². The van der Waals surface area contributed by atoms with Crippen LogP contribution >= 0.6 is 15.9 Å². The molecule has 0 bridgehead atoms. The molecule has 1 heterocycles. The SMILES string of the molecule is COCC(Br)CN(C)c1ccc(F)cn1. The summed E-state index contributed by atoms with van der Waals surface area (Å²) in [6.45, 7) is 1.39. The lowest BCUT2D eigenvalue weighted by Crippen LogP contribution is -2.28. The van der Waals surface area contributed by atoms with Crippen LogP contribution in [0.3, 0.4) is 0 Å². The van der Waals surface area contributed by atoms with Crippen molar-refractivity contribution in [3.8, 4) is 0 Å². The molecule has 1 unspecified atom stereocenters. The van der Waals surface area contributed by atoms with E-state index in [2.05, 4.69) is 20.9 Å². The van der Waals surface area contributed by atoms with E-state index in [9.17, 15) is 4.39 Å². The number of anilines is 1. The molecule has 0 saturated carbocycles. The van der Waals surface area contributed by atoms with Crippen LogP contribution in [0.15, 0.2) is 18.3 Å². The zero-order chi connectivity index (χ0) is 11.3. The van der Waals surface area contributed by atoms with Gasteiger partial charge in [-0.2, -0.15) is 0 Å². The van der Waals surface area contributed by atoms with E-state index in [4.69, 9.17) is 4.74 Å². The molecule has 0 aliphatic heterocycles. The first kappa shape index (κ1) is 12.4. The van der Waals surface area contributed by atoms with Gasteiger partial charge in [-0.05, 0) is 12.1 Å². The Balaban J connectivity index is 2.53.